The van der Waals surface area contributed by atoms with Crippen molar-refractivity contribution in [2.24, 2.45) is 0 Å². The molecular weight excluding hydrogens is 366 g/mol. The zero-order valence-electron chi connectivity index (χ0n) is 16.2. The number of anilines is 2. The quantitative estimate of drug-likeness (QED) is 0.740. The Morgan fingerprint density at radius 2 is 2.24 bits per heavy atom. The molecule has 0 saturated carbocycles. The second-order valence-electron chi connectivity index (χ2n) is 8.29. The molecule has 0 radical (unpaired) electrons. The Balaban J connectivity index is 1.15. The van der Waals surface area contributed by atoms with E-state index in [-0.39, 0.29) is 5.91 Å². The van der Waals surface area contributed by atoms with Crippen LogP contribution in [0.5, 0.6) is 0 Å². The molecule has 148 valence electrons. The minimum absolute atomic E-state index is 0.104. The van der Waals surface area contributed by atoms with Crippen LogP contribution in [0.25, 0.3) is 11.0 Å². The number of aromatic nitrogens is 2. The average Bonchev–Trinajstić information content (AvgIpc) is 3.29. The fraction of sp³-hybridized carbons (Fsp3) is 0.409. The van der Waals surface area contributed by atoms with Crippen molar-refractivity contribution in [1.29, 1.82) is 0 Å². The summed E-state index contributed by atoms with van der Waals surface area (Å²) in [5.41, 5.74) is 5.41. The molecule has 1 fully saturated rings. The van der Waals surface area contributed by atoms with Gasteiger partial charge >= 0.3 is 0 Å². The Hall–Kier alpha value is -2.93. The summed E-state index contributed by atoms with van der Waals surface area (Å²) in [5, 5.41) is 8.34. The lowest BCUT2D eigenvalue weighted by molar-refractivity contribution is -0.115. The number of para-hydroxylation sites is 1. The van der Waals surface area contributed by atoms with E-state index in [9.17, 15) is 4.79 Å². The molecule has 0 bridgehead atoms. The fourth-order valence-corrected chi connectivity index (χ4v) is 5.37. The van der Waals surface area contributed by atoms with Crippen LogP contribution in [0.2, 0.25) is 0 Å². The van der Waals surface area contributed by atoms with Gasteiger partial charge < -0.3 is 19.6 Å². The van der Waals surface area contributed by atoms with Crippen molar-refractivity contribution >= 4 is 28.3 Å². The summed E-state index contributed by atoms with van der Waals surface area (Å²) < 4.78 is 5.37. The van der Waals surface area contributed by atoms with Gasteiger partial charge in [-0.25, -0.2) is 0 Å². The molecule has 0 unspecified atom stereocenters. The maximum absolute atomic E-state index is 12.1. The van der Waals surface area contributed by atoms with Crippen molar-refractivity contribution in [3.63, 3.8) is 0 Å². The minimum atomic E-state index is 0.104. The number of hydrogen-bond donors (Lipinski definition) is 1. The molecule has 2 aromatic heterocycles. The Morgan fingerprint density at radius 1 is 1.28 bits per heavy atom. The number of rotatable bonds is 4. The number of nitrogens with zero attached hydrogens (tertiary/aromatic N) is 4. The van der Waals surface area contributed by atoms with Gasteiger partial charge in [0.25, 0.3) is 0 Å². The third-order valence-electron chi connectivity index (χ3n) is 6.64. The van der Waals surface area contributed by atoms with E-state index in [1.165, 1.54) is 11.3 Å². The Kier molecular flexibility index (Phi) is 3.84. The van der Waals surface area contributed by atoms with Gasteiger partial charge in [-0.05, 0) is 43.5 Å². The molecular formula is C22H23N5O2. The van der Waals surface area contributed by atoms with Gasteiger partial charge in [0.05, 0.1) is 29.8 Å². The number of pyridine rings is 1. The Labute approximate surface area is 168 Å². The summed E-state index contributed by atoms with van der Waals surface area (Å²) in [5.74, 6) is 0.582. The van der Waals surface area contributed by atoms with Gasteiger partial charge in [-0.2, -0.15) is 0 Å². The van der Waals surface area contributed by atoms with Crippen molar-refractivity contribution in [2.75, 3.05) is 36.4 Å². The first-order valence-corrected chi connectivity index (χ1v) is 10.4. The van der Waals surface area contributed by atoms with E-state index < -0.39 is 0 Å². The van der Waals surface area contributed by atoms with Crippen LogP contribution in [0.1, 0.15) is 30.0 Å². The van der Waals surface area contributed by atoms with Gasteiger partial charge in [0.2, 0.25) is 5.91 Å². The largest absolute Gasteiger partial charge is 0.357 e. The maximum atomic E-state index is 12.1. The highest BCUT2D eigenvalue weighted by Gasteiger charge is 2.44. The van der Waals surface area contributed by atoms with Gasteiger partial charge in [-0.15, -0.1) is 0 Å². The number of hydrogen-bond acceptors (Lipinski definition) is 6. The van der Waals surface area contributed by atoms with Gasteiger partial charge in [-0.3, -0.25) is 9.78 Å². The number of amides is 1. The first-order chi connectivity index (χ1) is 14.3. The molecule has 7 heteroatoms. The number of carbonyl (C=O) groups is 1. The van der Waals surface area contributed by atoms with Gasteiger partial charge in [-0.1, -0.05) is 17.3 Å². The highest BCUT2D eigenvalue weighted by atomic mass is 16.5. The third kappa shape index (κ3) is 2.72. The summed E-state index contributed by atoms with van der Waals surface area (Å²) in [6, 6.07) is 8.76. The molecule has 5 heterocycles. The average molecular weight is 389 g/mol. The molecule has 3 aromatic rings. The SMILES string of the molecule is O=C1CN2c3c(cccc3[C@@H]3CN(CCCc4noc5cnccc45)CC[C@@H]32)N1. The van der Waals surface area contributed by atoms with Gasteiger partial charge in [0, 0.05) is 36.6 Å². The fourth-order valence-electron chi connectivity index (χ4n) is 5.37. The molecule has 6 rings (SSSR count). The predicted octanol–water partition coefficient (Wildman–Crippen LogP) is 2.79. The highest BCUT2D eigenvalue weighted by molar-refractivity contribution is 6.03. The monoisotopic (exact) mass is 389 g/mol. The number of benzene rings is 1. The van der Waals surface area contributed by atoms with Crippen LogP contribution >= 0.6 is 0 Å². The zero-order valence-corrected chi connectivity index (χ0v) is 16.2. The van der Waals surface area contributed by atoms with Crippen LogP contribution in [-0.4, -0.2) is 53.2 Å². The van der Waals surface area contributed by atoms with Crippen LogP contribution in [-0.2, 0) is 11.2 Å². The van der Waals surface area contributed by atoms with E-state index in [1.807, 2.05) is 12.1 Å². The lowest BCUT2D eigenvalue weighted by Gasteiger charge is -2.39. The molecule has 7 nitrogen and oxygen atoms in total. The molecule has 1 aromatic carbocycles. The first-order valence-electron chi connectivity index (χ1n) is 10.4. The van der Waals surface area contributed by atoms with Crippen LogP contribution in [0.15, 0.2) is 41.2 Å². The molecule has 1 saturated heterocycles. The maximum Gasteiger partial charge on any atom is 0.243 e. The highest BCUT2D eigenvalue weighted by Crippen LogP contribution is 2.49. The van der Waals surface area contributed by atoms with Crippen LogP contribution in [0.3, 0.4) is 0 Å². The van der Waals surface area contributed by atoms with Crippen LogP contribution in [0.4, 0.5) is 11.4 Å². The lowest BCUT2D eigenvalue weighted by Crippen LogP contribution is -2.49. The van der Waals surface area contributed by atoms with E-state index in [4.69, 9.17) is 4.52 Å². The van der Waals surface area contributed by atoms with Crippen molar-refractivity contribution in [3.05, 3.63) is 47.9 Å². The summed E-state index contributed by atoms with van der Waals surface area (Å²) in [4.78, 5) is 21.1. The van der Waals surface area contributed by atoms with Gasteiger partial charge in [0.15, 0.2) is 5.58 Å². The van der Waals surface area contributed by atoms with Gasteiger partial charge in [0.1, 0.15) is 0 Å². The van der Waals surface area contributed by atoms with Crippen LogP contribution < -0.4 is 10.2 Å². The van der Waals surface area contributed by atoms with E-state index in [0.717, 1.165) is 61.2 Å². The zero-order chi connectivity index (χ0) is 19.4. The second-order valence-corrected chi connectivity index (χ2v) is 8.29. The second kappa shape index (κ2) is 6.56. The molecule has 3 aliphatic heterocycles. The lowest BCUT2D eigenvalue weighted by atomic mass is 9.89. The summed E-state index contributed by atoms with van der Waals surface area (Å²) >= 11 is 0. The summed E-state index contributed by atoms with van der Waals surface area (Å²) in [6.45, 7) is 3.66. The van der Waals surface area contributed by atoms with E-state index in [0.29, 0.717) is 18.5 Å². The van der Waals surface area contributed by atoms with Crippen molar-refractivity contribution in [1.82, 2.24) is 15.0 Å². The molecule has 3 aliphatic rings. The number of aryl methyl sites for hydroxylation is 1. The van der Waals surface area contributed by atoms with E-state index in [2.05, 4.69) is 37.4 Å². The van der Waals surface area contributed by atoms with E-state index in [1.54, 1.807) is 12.4 Å². The smallest absolute Gasteiger partial charge is 0.243 e. The molecule has 2 atom stereocenters. The van der Waals surface area contributed by atoms with Crippen molar-refractivity contribution < 1.29 is 9.32 Å². The number of likely N-dealkylation sites (tertiary alicyclic amines) is 1. The minimum Gasteiger partial charge on any atom is -0.357 e. The van der Waals surface area contributed by atoms with Crippen LogP contribution in [0, 0.1) is 0 Å². The molecule has 0 spiro atoms. The Bertz CT molecular complexity index is 1090. The molecule has 29 heavy (non-hydrogen) atoms. The third-order valence-corrected chi connectivity index (χ3v) is 6.64. The number of nitrogens with one attached hydrogen (secondary N) is 1. The summed E-state index contributed by atoms with van der Waals surface area (Å²) in [7, 11) is 0. The standard InChI is InChI=1S/C22H23N5O2/c28-21-13-27-19-7-10-26(12-16(19)14-3-1-4-18(24-21)22(14)27)9-2-5-17-15-6-8-23-11-20(15)29-25-17/h1,3-4,6,8,11,16,19H,2,5,7,9-10,12-13H2,(H,24,28)/t16-,19-/m0/s1. The van der Waals surface area contributed by atoms with E-state index >= 15 is 0 Å². The molecule has 1 amide bonds. The summed E-state index contributed by atoms with van der Waals surface area (Å²) in [6.07, 6.45) is 6.58. The van der Waals surface area contributed by atoms with Crippen molar-refractivity contribution in [3.8, 4) is 0 Å². The number of piperidine rings is 1. The topological polar surface area (TPSA) is 74.5 Å². The number of carbonyl (C=O) groups excluding carboxylic acids is 1. The predicted molar refractivity (Wildman–Crippen MR) is 110 cm³/mol. The first kappa shape index (κ1) is 17.0. The molecule has 0 aliphatic carbocycles. The normalized spacial score (nSPS) is 23.2. The molecule has 1 N–H and O–H groups in total. The Morgan fingerprint density at radius 3 is 3.21 bits per heavy atom. The van der Waals surface area contributed by atoms with Crippen molar-refractivity contribution in [2.45, 2.75) is 31.2 Å². The number of fused-ring (bicyclic) bond motifs is 4.